The lowest BCUT2D eigenvalue weighted by molar-refractivity contribution is -0.137. The third-order valence-corrected chi connectivity index (χ3v) is 11.2. The van der Waals surface area contributed by atoms with Gasteiger partial charge in [0.1, 0.15) is 21.7 Å². The molecule has 8 rings (SSSR count). The Bertz CT molecular complexity index is 2800. The number of amidine groups is 1. The SMILES string of the molecule is Cc1ccccc1C(=O)NC1=NC(=Cc2[nH]c(NC(=O)c3ccccc3C)c(-c3nc4ccccc4s3)c2C(F)(F)F)C(C(F)(F)F)=C1c1nc2ccccc2s1. The maximum absolute atomic E-state index is 15.4. The number of nitrogens with one attached hydrogen (secondary N) is 3. The second-order valence-electron chi connectivity index (χ2n) is 12.9. The van der Waals surface area contributed by atoms with E-state index in [0.717, 1.165) is 22.7 Å². The van der Waals surface area contributed by atoms with E-state index in [1.807, 2.05) is 0 Å². The molecule has 0 saturated carbocycles. The molecular formula is C41H26F6N6O2S2. The van der Waals surface area contributed by atoms with Crippen molar-refractivity contribution < 1.29 is 35.9 Å². The van der Waals surface area contributed by atoms with Crippen molar-refractivity contribution in [1.29, 1.82) is 0 Å². The van der Waals surface area contributed by atoms with Crippen molar-refractivity contribution in [1.82, 2.24) is 20.3 Å². The van der Waals surface area contributed by atoms with E-state index in [1.54, 1.807) is 98.8 Å². The minimum Gasteiger partial charge on any atom is -0.341 e. The lowest BCUT2D eigenvalue weighted by Crippen LogP contribution is -2.31. The number of alkyl halides is 6. The first kappa shape index (κ1) is 37.5. The standard InChI is InChI=1S/C41H26F6N6O2S2/c1-20-11-3-5-13-22(20)36(54)52-34-30(38-50-24-15-7-9-17-28(24)56-38)32(40(42,43)44)26(48-34)19-27-33(41(45,46)47)31(39-51-25-16-8-10-18-29(25)57-39)35(49-27)53-37(55)23-14-6-4-12-21(23)2/h3-19,48H,1-2H3,(H,52,54)(H,49,53,55). The van der Waals surface area contributed by atoms with Crippen molar-refractivity contribution in [2.24, 2.45) is 4.99 Å². The average Bonchev–Trinajstić information content (AvgIpc) is 3.94. The van der Waals surface area contributed by atoms with Gasteiger partial charge in [0.15, 0.2) is 0 Å². The first-order valence-electron chi connectivity index (χ1n) is 17.1. The molecule has 1 aliphatic rings. The zero-order valence-corrected chi connectivity index (χ0v) is 31.2. The Morgan fingerprint density at radius 1 is 0.667 bits per heavy atom. The third-order valence-electron chi connectivity index (χ3n) is 9.12. The molecule has 0 fully saturated rings. The summed E-state index contributed by atoms with van der Waals surface area (Å²) in [6, 6.07) is 26.0. The molecule has 0 radical (unpaired) electrons. The van der Waals surface area contributed by atoms with Crippen LogP contribution in [0.3, 0.4) is 0 Å². The molecule has 286 valence electrons. The Hall–Kier alpha value is -6.39. The number of aliphatic imine (C=N–C) groups is 1. The molecule has 3 N–H and O–H groups in total. The smallest absolute Gasteiger partial charge is 0.341 e. The molecule has 0 spiro atoms. The minimum absolute atomic E-state index is 0.146. The second kappa shape index (κ2) is 14.3. The maximum Gasteiger partial charge on any atom is 0.419 e. The Labute approximate surface area is 327 Å². The van der Waals surface area contributed by atoms with E-state index < -0.39 is 69.5 Å². The van der Waals surface area contributed by atoms with Gasteiger partial charge in [0.05, 0.1) is 54.1 Å². The van der Waals surface area contributed by atoms with Crippen LogP contribution in [0.5, 0.6) is 0 Å². The summed E-state index contributed by atoms with van der Waals surface area (Å²) in [7, 11) is 0. The number of H-pyrrole nitrogens is 1. The fraction of sp³-hybridized carbons (Fsp3) is 0.0976. The van der Waals surface area contributed by atoms with Crippen LogP contribution in [-0.4, -0.2) is 38.8 Å². The molecule has 0 aliphatic carbocycles. The first-order chi connectivity index (χ1) is 27.2. The number of aromatic amines is 1. The molecule has 0 bridgehead atoms. The highest BCUT2D eigenvalue weighted by Crippen LogP contribution is 2.49. The molecule has 3 aromatic heterocycles. The van der Waals surface area contributed by atoms with Crippen molar-refractivity contribution in [2.75, 3.05) is 5.32 Å². The highest BCUT2D eigenvalue weighted by Gasteiger charge is 2.46. The van der Waals surface area contributed by atoms with Crippen molar-refractivity contribution in [3.8, 4) is 10.6 Å². The first-order valence-corrected chi connectivity index (χ1v) is 18.7. The molecule has 8 nitrogen and oxygen atoms in total. The van der Waals surface area contributed by atoms with Gasteiger partial charge >= 0.3 is 12.4 Å². The van der Waals surface area contributed by atoms with Gasteiger partial charge in [0.25, 0.3) is 11.8 Å². The topological polar surface area (TPSA) is 112 Å². The molecule has 0 saturated heterocycles. The third kappa shape index (κ3) is 7.13. The lowest BCUT2D eigenvalue weighted by Gasteiger charge is -2.13. The summed E-state index contributed by atoms with van der Waals surface area (Å²) < 4.78 is 93.5. The fourth-order valence-electron chi connectivity index (χ4n) is 6.50. The number of anilines is 1. The van der Waals surface area contributed by atoms with Crippen molar-refractivity contribution in [3.63, 3.8) is 0 Å². The molecule has 1 aliphatic heterocycles. The van der Waals surface area contributed by atoms with E-state index in [0.29, 0.717) is 37.6 Å². The Morgan fingerprint density at radius 3 is 1.72 bits per heavy atom. The van der Waals surface area contributed by atoms with Crippen LogP contribution in [0.2, 0.25) is 0 Å². The van der Waals surface area contributed by atoms with Gasteiger partial charge in [0.2, 0.25) is 0 Å². The highest BCUT2D eigenvalue weighted by molar-refractivity contribution is 7.21. The van der Waals surface area contributed by atoms with Crippen molar-refractivity contribution in [3.05, 3.63) is 147 Å². The van der Waals surface area contributed by atoms with Crippen LogP contribution in [0, 0.1) is 13.8 Å². The van der Waals surface area contributed by atoms with Crippen LogP contribution in [0.25, 0.3) is 42.7 Å². The van der Waals surface area contributed by atoms with Crippen LogP contribution in [0.4, 0.5) is 32.2 Å². The molecule has 4 heterocycles. The van der Waals surface area contributed by atoms with Crippen molar-refractivity contribution in [2.45, 2.75) is 26.2 Å². The number of para-hydroxylation sites is 2. The average molecular weight is 813 g/mol. The normalized spacial score (nSPS) is 14.2. The number of aryl methyl sites for hydroxylation is 2. The summed E-state index contributed by atoms with van der Waals surface area (Å²) in [6.07, 6.45) is -9.78. The number of carbonyl (C=O) groups is 2. The van der Waals surface area contributed by atoms with E-state index in [-0.39, 0.29) is 21.1 Å². The monoisotopic (exact) mass is 812 g/mol. The number of aromatic nitrogens is 3. The number of benzene rings is 4. The number of rotatable bonds is 6. The van der Waals surface area contributed by atoms with E-state index in [2.05, 4.69) is 30.6 Å². The zero-order chi connectivity index (χ0) is 40.2. The summed E-state index contributed by atoms with van der Waals surface area (Å²) in [5.41, 5.74) is -3.66. The van der Waals surface area contributed by atoms with Gasteiger partial charge in [-0.1, -0.05) is 60.7 Å². The number of amides is 2. The van der Waals surface area contributed by atoms with Crippen LogP contribution in [0.15, 0.2) is 113 Å². The van der Waals surface area contributed by atoms with Crippen molar-refractivity contribution >= 4 is 78.2 Å². The quantitative estimate of drug-likeness (QED) is 0.145. The van der Waals surface area contributed by atoms with Gasteiger partial charge in [-0.25, -0.2) is 15.0 Å². The predicted octanol–water partition coefficient (Wildman–Crippen LogP) is 11.0. The number of thiazole rings is 2. The number of carbonyl (C=O) groups excluding carboxylic acids is 2. The summed E-state index contributed by atoms with van der Waals surface area (Å²) in [5, 5.41) is 4.69. The number of fused-ring (bicyclic) bond motifs is 2. The molecular weight excluding hydrogens is 787 g/mol. The molecule has 0 atom stereocenters. The molecule has 4 aromatic carbocycles. The maximum atomic E-state index is 15.4. The van der Waals surface area contributed by atoms with E-state index >= 15 is 26.3 Å². The Morgan fingerprint density at radius 2 is 1.18 bits per heavy atom. The van der Waals surface area contributed by atoms with Gasteiger partial charge in [-0.15, -0.1) is 22.7 Å². The fourth-order valence-corrected chi connectivity index (χ4v) is 8.55. The second-order valence-corrected chi connectivity index (χ2v) is 15.0. The van der Waals surface area contributed by atoms with Crippen LogP contribution >= 0.6 is 22.7 Å². The molecule has 7 aromatic rings. The van der Waals surface area contributed by atoms with Gasteiger partial charge < -0.3 is 15.6 Å². The predicted molar refractivity (Wildman–Crippen MR) is 210 cm³/mol. The van der Waals surface area contributed by atoms with Gasteiger partial charge in [-0.3, -0.25) is 9.59 Å². The van der Waals surface area contributed by atoms with E-state index in [9.17, 15) is 9.59 Å². The lowest BCUT2D eigenvalue weighted by atomic mass is 10.0. The number of nitrogens with zero attached hydrogens (tertiary/aromatic N) is 3. The largest absolute Gasteiger partial charge is 0.419 e. The van der Waals surface area contributed by atoms with Crippen LogP contribution in [0.1, 0.15) is 48.1 Å². The number of halogens is 6. The van der Waals surface area contributed by atoms with Crippen LogP contribution < -0.4 is 10.6 Å². The van der Waals surface area contributed by atoms with Gasteiger partial charge in [-0.2, -0.15) is 26.3 Å². The van der Waals surface area contributed by atoms with E-state index in [1.165, 1.54) is 12.1 Å². The summed E-state index contributed by atoms with van der Waals surface area (Å²) in [4.78, 5) is 42.7. The molecule has 2 amide bonds. The number of allylic oxidation sites excluding steroid dienone is 1. The minimum atomic E-state index is -5.21. The van der Waals surface area contributed by atoms with Crippen LogP contribution in [-0.2, 0) is 6.18 Å². The number of hydrogen-bond donors (Lipinski definition) is 3. The zero-order valence-electron chi connectivity index (χ0n) is 29.6. The van der Waals surface area contributed by atoms with Gasteiger partial charge in [0, 0.05) is 11.1 Å². The summed E-state index contributed by atoms with van der Waals surface area (Å²) in [5.74, 6) is -2.55. The Balaban J connectivity index is 1.37. The highest BCUT2D eigenvalue weighted by atomic mass is 32.1. The molecule has 57 heavy (non-hydrogen) atoms. The number of hydrogen-bond acceptors (Lipinski definition) is 7. The van der Waals surface area contributed by atoms with E-state index in [4.69, 9.17) is 0 Å². The molecule has 16 heteroatoms. The summed E-state index contributed by atoms with van der Waals surface area (Å²) >= 11 is 1.81. The summed E-state index contributed by atoms with van der Waals surface area (Å²) in [6.45, 7) is 3.29. The molecule has 0 unspecified atom stereocenters. The van der Waals surface area contributed by atoms with Gasteiger partial charge in [-0.05, 0) is 67.4 Å². The Kier molecular flexibility index (Phi) is 9.40.